The molecule has 4 rings (SSSR count). The first kappa shape index (κ1) is 19.5. The molecule has 2 fully saturated rings. The molecule has 0 aromatic heterocycles. The van der Waals surface area contributed by atoms with E-state index >= 15 is 0 Å². The number of hydrogen-bond donors (Lipinski definition) is 1. The number of nitrogens with zero attached hydrogens (tertiary/aromatic N) is 2. The van der Waals surface area contributed by atoms with Crippen molar-refractivity contribution in [3.05, 3.63) is 65.7 Å². The van der Waals surface area contributed by atoms with Gasteiger partial charge in [0.15, 0.2) is 0 Å². The van der Waals surface area contributed by atoms with Crippen LogP contribution >= 0.6 is 0 Å². The summed E-state index contributed by atoms with van der Waals surface area (Å²) in [6.45, 7) is 3.29. The number of carbonyl (C=O) groups is 2. The van der Waals surface area contributed by atoms with Crippen LogP contribution in [0.25, 0.3) is 0 Å². The molecule has 1 N–H and O–H groups in total. The number of anilines is 1. The molecule has 0 radical (unpaired) electrons. The molecule has 0 spiro atoms. The average Bonchev–Trinajstić information content (AvgIpc) is 3.28. The topological polar surface area (TPSA) is 61.9 Å². The van der Waals surface area contributed by atoms with Gasteiger partial charge in [-0.3, -0.25) is 9.69 Å². The maximum absolute atomic E-state index is 13.0. The highest BCUT2D eigenvalue weighted by molar-refractivity contribution is 5.98. The Morgan fingerprint density at radius 3 is 2.72 bits per heavy atom. The predicted octanol–water partition coefficient (Wildman–Crippen LogP) is 3.43. The van der Waals surface area contributed by atoms with Gasteiger partial charge < -0.3 is 15.0 Å². The normalized spacial score (nSPS) is 19.4. The molecule has 6 heteroatoms. The lowest BCUT2D eigenvalue weighted by Gasteiger charge is -2.35. The number of carbonyl (C=O) groups excluding carboxylic acids is 2. The molecule has 2 aliphatic rings. The summed E-state index contributed by atoms with van der Waals surface area (Å²) >= 11 is 0. The van der Waals surface area contributed by atoms with Crippen LogP contribution in [-0.4, -0.2) is 49.2 Å². The zero-order valence-corrected chi connectivity index (χ0v) is 16.5. The van der Waals surface area contributed by atoms with Gasteiger partial charge in [-0.25, -0.2) is 4.79 Å². The molecule has 2 aromatic carbocycles. The van der Waals surface area contributed by atoms with Gasteiger partial charge in [0.25, 0.3) is 5.91 Å². The lowest BCUT2D eigenvalue weighted by atomic mass is 10.1. The Kier molecular flexibility index (Phi) is 6.10. The Balaban J connectivity index is 1.42. The molecule has 29 heavy (non-hydrogen) atoms. The fourth-order valence-electron chi connectivity index (χ4n) is 3.90. The standard InChI is InChI=1S/C23H27N3O3/c27-22(24-16-21-11-5-14-29-21)19-9-4-10-20(15-19)26-13-6-12-25(23(26)28)17-18-7-2-1-3-8-18/h1-4,7-10,15,21H,5-6,11-14,16-17H2,(H,24,27)/t21-/m1/s1. The van der Waals surface area contributed by atoms with Crippen LogP contribution < -0.4 is 10.2 Å². The van der Waals surface area contributed by atoms with Crippen LogP contribution in [0.5, 0.6) is 0 Å². The Morgan fingerprint density at radius 1 is 1.07 bits per heavy atom. The zero-order valence-electron chi connectivity index (χ0n) is 16.5. The summed E-state index contributed by atoms with van der Waals surface area (Å²) < 4.78 is 5.56. The lowest BCUT2D eigenvalue weighted by molar-refractivity contribution is 0.0857. The molecule has 2 saturated heterocycles. The summed E-state index contributed by atoms with van der Waals surface area (Å²) in [5.41, 5.74) is 2.44. The van der Waals surface area contributed by atoms with E-state index in [-0.39, 0.29) is 18.0 Å². The van der Waals surface area contributed by atoms with Crippen LogP contribution in [0, 0.1) is 0 Å². The van der Waals surface area contributed by atoms with E-state index in [0.29, 0.717) is 25.2 Å². The molecule has 0 aliphatic carbocycles. The lowest BCUT2D eigenvalue weighted by Crippen LogP contribution is -2.49. The molecule has 1 atom stereocenters. The van der Waals surface area contributed by atoms with Gasteiger partial charge in [-0.2, -0.15) is 0 Å². The average molecular weight is 393 g/mol. The molecular weight excluding hydrogens is 366 g/mol. The molecule has 0 saturated carbocycles. The minimum atomic E-state index is -0.132. The molecule has 2 aromatic rings. The number of urea groups is 1. The first-order valence-corrected chi connectivity index (χ1v) is 10.3. The Morgan fingerprint density at radius 2 is 1.93 bits per heavy atom. The van der Waals surface area contributed by atoms with Crippen molar-refractivity contribution in [2.75, 3.05) is 31.1 Å². The van der Waals surface area contributed by atoms with E-state index in [2.05, 4.69) is 5.32 Å². The SMILES string of the molecule is O=C(NC[C@H]1CCCO1)c1cccc(N2CCCN(Cc3ccccc3)C2=O)c1. The van der Waals surface area contributed by atoms with Crippen molar-refractivity contribution in [3.8, 4) is 0 Å². The van der Waals surface area contributed by atoms with Crippen LogP contribution in [0.2, 0.25) is 0 Å². The molecular formula is C23H27N3O3. The van der Waals surface area contributed by atoms with Crippen molar-refractivity contribution < 1.29 is 14.3 Å². The summed E-state index contributed by atoms with van der Waals surface area (Å²) in [5, 5.41) is 2.95. The molecule has 2 aliphatic heterocycles. The first-order chi connectivity index (χ1) is 14.2. The van der Waals surface area contributed by atoms with Gasteiger partial charge in [0, 0.05) is 44.0 Å². The van der Waals surface area contributed by atoms with Gasteiger partial charge in [0.2, 0.25) is 0 Å². The van der Waals surface area contributed by atoms with Gasteiger partial charge in [0.1, 0.15) is 0 Å². The highest BCUT2D eigenvalue weighted by atomic mass is 16.5. The quantitative estimate of drug-likeness (QED) is 0.818. The third-order valence-corrected chi connectivity index (χ3v) is 5.46. The van der Waals surface area contributed by atoms with Crippen molar-refractivity contribution in [1.82, 2.24) is 10.2 Å². The number of amides is 3. The second-order valence-corrected chi connectivity index (χ2v) is 7.59. The van der Waals surface area contributed by atoms with Gasteiger partial charge in [-0.15, -0.1) is 0 Å². The van der Waals surface area contributed by atoms with Crippen molar-refractivity contribution in [2.24, 2.45) is 0 Å². The monoisotopic (exact) mass is 393 g/mol. The van der Waals surface area contributed by atoms with Crippen molar-refractivity contribution in [3.63, 3.8) is 0 Å². The van der Waals surface area contributed by atoms with Crippen molar-refractivity contribution >= 4 is 17.6 Å². The van der Waals surface area contributed by atoms with E-state index in [9.17, 15) is 9.59 Å². The number of nitrogens with one attached hydrogen (secondary N) is 1. The van der Waals surface area contributed by atoms with Gasteiger partial charge in [-0.05, 0) is 43.0 Å². The highest BCUT2D eigenvalue weighted by Gasteiger charge is 2.27. The van der Waals surface area contributed by atoms with Crippen molar-refractivity contribution in [1.29, 1.82) is 0 Å². The fourth-order valence-corrected chi connectivity index (χ4v) is 3.90. The molecule has 2 heterocycles. The maximum Gasteiger partial charge on any atom is 0.324 e. The second kappa shape index (κ2) is 9.09. The Bertz CT molecular complexity index is 849. The van der Waals surface area contributed by atoms with Crippen LogP contribution in [0.3, 0.4) is 0 Å². The van der Waals surface area contributed by atoms with E-state index < -0.39 is 0 Å². The van der Waals surface area contributed by atoms with Gasteiger partial charge in [0.05, 0.1) is 6.10 Å². The van der Waals surface area contributed by atoms with E-state index in [0.717, 1.165) is 43.7 Å². The maximum atomic E-state index is 13.0. The molecule has 3 amide bonds. The Labute approximate surface area is 171 Å². The molecule has 0 unspecified atom stereocenters. The smallest absolute Gasteiger partial charge is 0.324 e. The third-order valence-electron chi connectivity index (χ3n) is 5.46. The van der Waals surface area contributed by atoms with Gasteiger partial charge in [-0.1, -0.05) is 36.4 Å². The van der Waals surface area contributed by atoms with Gasteiger partial charge >= 0.3 is 6.03 Å². The van der Waals surface area contributed by atoms with Crippen LogP contribution in [-0.2, 0) is 11.3 Å². The van der Waals surface area contributed by atoms with E-state index in [1.807, 2.05) is 47.4 Å². The molecule has 6 nitrogen and oxygen atoms in total. The largest absolute Gasteiger partial charge is 0.376 e. The number of ether oxygens (including phenoxy) is 1. The third kappa shape index (κ3) is 4.77. The minimum Gasteiger partial charge on any atom is -0.376 e. The fraction of sp³-hybridized carbons (Fsp3) is 0.391. The van der Waals surface area contributed by atoms with Crippen LogP contribution in [0.1, 0.15) is 35.2 Å². The predicted molar refractivity (Wildman–Crippen MR) is 112 cm³/mol. The van der Waals surface area contributed by atoms with E-state index in [1.54, 1.807) is 17.0 Å². The Hall–Kier alpha value is -2.86. The number of rotatable bonds is 6. The zero-order chi connectivity index (χ0) is 20.1. The summed E-state index contributed by atoms with van der Waals surface area (Å²) in [6, 6.07) is 17.3. The number of hydrogen-bond acceptors (Lipinski definition) is 3. The molecule has 0 bridgehead atoms. The van der Waals surface area contributed by atoms with Crippen molar-refractivity contribution in [2.45, 2.75) is 31.9 Å². The molecule has 152 valence electrons. The summed E-state index contributed by atoms with van der Waals surface area (Å²) in [5.74, 6) is -0.132. The van der Waals surface area contributed by atoms with E-state index in [4.69, 9.17) is 4.74 Å². The minimum absolute atomic E-state index is 0.0167. The van der Waals surface area contributed by atoms with E-state index in [1.165, 1.54) is 0 Å². The first-order valence-electron chi connectivity index (χ1n) is 10.3. The van der Waals surface area contributed by atoms with Crippen LogP contribution in [0.15, 0.2) is 54.6 Å². The summed E-state index contributed by atoms with van der Waals surface area (Å²) in [6.07, 6.45) is 3.04. The number of benzene rings is 2. The highest BCUT2D eigenvalue weighted by Crippen LogP contribution is 2.23. The van der Waals surface area contributed by atoms with Crippen LogP contribution in [0.4, 0.5) is 10.5 Å². The second-order valence-electron chi connectivity index (χ2n) is 7.59. The summed E-state index contributed by atoms with van der Waals surface area (Å²) in [4.78, 5) is 29.2. The summed E-state index contributed by atoms with van der Waals surface area (Å²) in [7, 11) is 0.